The quantitative estimate of drug-likeness (QED) is 0.264. The van der Waals surface area contributed by atoms with Gasteiger partial charge in [-0.1, -0.05) is 98.8 Å². The molecule has 5 aromatic rings. The van der Waals surface area contributed by atoms with Crippen LogP contribution < -0.4 is 5.32 Å². The zero-order valence-corrected chi connectivity index (χ0v) is 22.2. The zero-order chi connectivity index (χ0) is 25.7. The first kappa shape index (κ1) is 23.0. The SMILES string of the molecule is CC1(C)c2ccccc2-c2cc(-c3ccc4c(c3)CCCC4)c(Nc3ccc(-c4ccccc4)cc3)cc21. The van der Waals surface area contributed by atoms with Gasteiger partial charge in [0.05, 0.1) is 0 Å². The summed E-state index contributed by atoms with van der Waals surface area (Å²) in [5.74, 6) is 0. The fourth-order valence-corrected chi connectivity index (χ4v) is 6.52. The van der Waals surface area contributed by atoms with Crippen molar-refractivity contribution in [2.24, 2.45) is 0 Å². The zero-order valence-electron chi connectivity index (χ0n) is 22.2. The number of nitrogens with one attached hydrogen (secondary N) is 1. The molecule has 0 bridgehead atoms. The van der Waals surface area contributed by atoms with Crippen LogP contribution in [-0.2, 0) is 18.3 Å². The van der Waals surface area contributed by atoms with E-state index in [-0.39, 0.29) is 5.41 Å². The summed E-state index contributed by atoms with van der Waals surface area (Å²) in [5.41, 5.74) is 15.9. The van der Waals surface area contributed by atoms with Gasteiger partial charge in [-0.3, -0.25) is 0 Å². The van der Waals surface area contributed by atoms with Crippen LogP contribution in [0.4, 0.5) is 11.4 Å². The number of fused-ring (bicyclic) bond motifs is 4. The summed E-state index contributed by atoms with van der Waals surface area (Å²) in [5, 5.41) is 3.82. The molecule has 7 rings (SSSR count). The van der Waals surface area contributed by atoms with Crippen LogP contribution in [0.2, 0.25) is 0 Å². The van der Waals surface area contributed by atoms with Gasteiger partial charge in [0.15, 0.2) is 0 Å². The highest BCUT2D eigenvalue weighted by Gasteiger charge is 2.36. The number of rotatable bonds is 4. The van der Waals surface area contributed by atoms with Crippen molar-refractivity contribution in [1.82, 2.24) is 0 Å². The molecule has 0 saturated carbocycles. The number of anilines is 2. The molecule has 5 aromatic carbocycles. The molecular weight excluding hydrogens is 458 g/mol. The molecular formula is C37H33N. The molecule has 1 nitrogen and oxygen atoms in total. The van der Waals surface area contributed by atoms with Crippen molar-refractivity contribution in [3.8, 4) is 33.4 Å². The number of hydrogen-bond acceptors (Lipinski definition) is 1. The lowest BCUT2D eigenvalue weighted by molar-refractivity contribution is 0.660. The molecule has 1 N–H and O–H groups in total. The third kappa shape index (κ3) is 3.85. The highest BCUT2D eigenvalue weighted by atomic mass is 14.9. The molecule has 2 aliphatic carbocycles. The predicted octanol–water partition coefficient (Wildman–Crippen LogP) is 9.95. The van der Waals surface area contributed by atoms with Crippen molar-refractivity contribution in [2.75, 3.05) is 5.32 Å². The van der Waals surface area contributed by atoms with E-state index in [2.05, 4.69) is 128 Å². The first-order chi connectivity index (χ1) is 18.6. The molecule has 0 fully saturated rings. The van der Waals surface area contributed by atoms with Crippen LogP contribution in [0.1, 0.15) is 48.9 Å². The van der Waals surface area contributed by atoms with Gasteiger partial charge in [-0.25, -0.2) is 0 Å². The van der Waals surface area contributed by atoms with Gasteiger partial charge in [0.2, 0.25) is 0 Å². The molecule has 186 valence electrons. The van der Waals surface area contributed by atoms with E-state index in [0.29, 0.717) is 0 Å². The van der Waals surface area contributed by atoms with Crippen molar-refractivity contribution in [3.63, 3.8) is 0 Å². The van der Waals surface area contributed by atoms with Crippen LogP contribution in [-0.4, -0.2) is 0 Å². The van der Waals surface area contributed by atoms with E-state index in [4.69, 9.17) is 0 Å². The summed E-state index contributed by atoms with van der Waals surface area (Å²) in [6.45, 7) is 4.71. The minimum atomic E-state index is -0.0338. The van der Waals surface area contributed by atoms with Gasteiger partial charge in [-0.2, -0.15) is 0 Å². The average Bonchev–Trinajstić information content (AvgIpc) is 3.19. The van der Waals surface area contributed by atoms with E-state index in [9.17, 15) is 0 Å². The molecule has 0 spiro atoms. The highest BCUT2D eigenvalue weighted by molar-refractivity contribution is 5.91. The second-order valence-corrected chi connectivity index (χ2v) is 11.4. The molecule has 0 amide bonds. The van der Waals surface area contributed by atoms with Crippen LogP contribution in [0.25, 0.3) is 33.4 Å². The molecule has 0 aromatic heterocycles. The number of benzene rings is 5. The second-order valence-electron chi connectivity index (χ2n) is 11.4. The first-order valence-corrected chi connectivity index (χ1v) is 13.9. The fourth-order valence-electron chi connectivity index (χ4n) is 6.52. The Morgan fingerprint density at radius 1 is 0.526 bits per heavy atom. The maximum Gasteiger partial charge on any atom is 0.0467 e. The van der Waals surface area contributed by atoms with E-state index in [1.54, 1.807) is 0 Å². The third-order valence-electron chi connectivity index (χ3n) is 8.65. The maximum atomic E-state index is 3.82. The summed E-state index contributed by atoms with van der Waals surface area (Å²) < 4.78 is 0. The van der Waals surface area contributed by atoms with Crippen LogP contribution in [0.5, 0.6) is 0 Å². The van der Waals surface area contributed by atoms with E-state index < -0.39 is 0 Å². The minimum absolute atomic E-state index is 0.0338. The monoisotopic (exact) mass is 491 g/mol. The summed E-state index contributed by atoms with van der Waals surface area (Å²) in [6, 6.07) is 40.3. The Morgan fingerprint density at radius 2 is 1.21 bits per heavy atom. The maximum absolute atomic E-state index is 3.82. The lowest BCUT2D eigenvalue weighted by Crippen LogP contribution is -2.15. The van der Waals surface area contributed by atoms with Gasteiger partial charge in [0, 0.05) is 22.4 Å². The van der Waals surface area contributed by atoms with Crippen LogP contribution >= 0.6 is 0 Å². The molecule has 0 heterocycles. The fraction of sp³-hybridized carbons (Fsp3) is 0.189. The Kier molecular flexibility index (Phi) is 5.48. The Balaban J connectivity index is 1.35. The first-order valence-electron chi connectivity index (χ1n) is 13.9. The van der Waals surface area contributed by atoms with E-state index in [0.717, 1.165) is 5.69 Å². The third-order valence-corrected chi connectivity index (χ3v) is 8.65. The van der Waals surface area contributed by atoms with Crippen molar-refractivity contribution in [2.45, 2.75) is 44.9 Å². The van der Waals surface area contributed by atoms with E-state index in [1.165, 1.54) is 87.0 Å². The van der Waals surface area contributed by atoms with E-state index >= 15 is 0 Å². The normalized spacial score (nSPS) is 14.9. The van der Waals surface area contributed by atoms with Gasteiger partial charge in [0.1, 0.15) is 0 Å². The molecule has 0 unspecified atom stereocenters. The number of aryl methyl sites for hydroxylation is 2. The Labute approximate surface area is 226 Å². The van der Waals surface area contributed by atoms with Gasteiger partial charge in [-0.15, -0.1) is 0 Å². The minimum Gasteiger partial charge on any atom is -0.355 e. The lowest BCUT2D eigenvalue weighted by atomic mass is 9.81. The summed E-state index contributed by atoms with van der Waals surface area (Å²) in [4.78, 5) is 0. The van der Waals surface area contributed by atoms with Crippen LogP contribution in [0, 0.1) is 0 Å². The average molecular weight is 492 g/mol. The smallest absolute Gasteiger partial charge is 0.0467 e. The Morgan fingerprint density at radius 3 is 2.03 bits per heavy atom. The largest absolute Gasteiger partial charge is 0.355 e. The predicted molar refractivity (Wildman–Crippen MR) is 161 cm³/mol. The van der Waals surface area contributed by atoms with Crippen molar-refractivity contribution in [1.29, 1.82) is 0 Å². The lowest BCUT2D eigenvalue weighted by Gasteiger charge is -2.24. The topological polar surface area (TPSA) is 12.0 Å². The van der Waals surface area contributed by atoms with Gasteiger partial charge in [0.25, 0.3) is 0 Å². The Hall–Kier alpha value is -4.10. The van der Waals surface area contributed by atoms with Gasteiger partial charge in [-0.05, 0) is 100 Å². The van der Waals surface area contributed by atoms with Crippen LogP contribution in [0.3, 0.4) is 0 Å². The van der Waals surface area contributed by atoms with Crippen molar-refractivity contribution in [3.05, 3.63) is 131 Å². The van der Waals surface area contributed by atoms with Crippen molar-refractivity contribution < 1.29 is 0 Å². The standard InChI is InChI=1S/C37H33N/c1-37(2)34-15-9-8-14-31(34)33-23-32(29-17-16-26-12-6-7-13-28(26)22-29)36(24-35(33)37)38-30-20-18-27(19-21-30)25-10-4-3-5-11-25/h3-5,8-11,14-24,38H,6-7,12-13H2,1-2H3. The molecule has 0 aliphatic heterocycles. The molecule has 0 radical (unpaired) electrons. The summed E-state index contributed by atoms with van der Waals surface area (Å²) >= 11 is 0. The molecule has 38 heavy (non-hydrogen) atoms. The Bertz CT molecular complexity index is 1640. The highest BCUT2D eigenvalue weighted by Crippen LogP contribution is 2.51. The molecule has 0 atom stereocenters. The summed E-state index contributed by atoms with van der Waals surface area (Å²) in [6.07, 6.45) is 5.00. The molecule has 0 saturated heterocycles. The second kappa shape index (κ2) is 9.03. The molecule has 2 aliphatic rings. The van der Waals surface area contributed by atoms with Gasteiger partial charge >= 0.3 is 0 Å². The van der Waals surface area contributed by atoms with Crippen molar-refractivity contribution >= 4 is 11.4 Å². The summed E-state index contributed by atoms with van der Waals surface area (Å²) in [7, 11) is 0. The van der Waals surface area contributed by atoms with Gasteiger partial charge < -0.3 is 5.32 Å². The van der Waals surface area contributed by atoms with Crippen LogP contribution in [0.15, 0.2) is 109 Å². The molecule has 1 heteroatoms. The number of hydrogen-bond donors (Lipinski definition) is 1. The van der Waals surface area contributed by atoms with E-state index in [1.807, 2.05) is 0 Å².